The Kier molecular flexibility index (Phi) is 40.7. The number of hydrogen-bond acceptors (Lipinski definition) is 6. The highest BCUT2D eigenvalue weighted by Gasteiger charge is 2.23. The van der Waals surface area contributed by atoms with Gasteiger partial charge >= 0.3 is 0 Å². The van der Waals surface area contributed by atoms with Crippen LogP contribution in [0.15, 0.2) is 48.6 Å². The summed E-state index contributed by atoms with van der Waals surface area (Å²) >= 11 is 0. The summed E-state index contributed by atoms with van der Waals surface area (Å²) in [6.07, 6.45) is 53.3. The van der Waals surface area contributed by atoms with Crippen LogP contribution in [0.4, 0.5) is 0 Å². The summed E-state index contributed by atoms with van der Waals surface area (Å²) in [6, 6.07) is -0.909. The standard InChI is InChI=1S/C50H95N2O6P/c1-6-8-10-12-14-16-18-19-20-21-22-23-24-25-26-27-28-29-30-31-32-34-36-38-40-42-44-50(54)51-48(47-58-59(55,56)57-46-45-52(3,4)5)49(53)43-41-39-37-35-33-17-15-13-11-9-7-2/h11,13,25-26,33,35,41,43,48-49,53H,6-10,12,14-24,27-32,34,36-40,42,44-47H2,1-5H3,(H-,51,54,55,56)/b13-11+,26-25-,35-33+,43-41+. The Morgan fingerprint density at radius 3 is 1.44 bits per heavy atom. The number of allylic oxidation sites excluding steroid dienone is 7. The SMILES string of the molecule is CCC/C=C/CC/C=C/CC/C=C/C(O)C(COP(=O)([O-])OCC[N+](C)(C)C)NC(=O)CCCCCCCCCCCC/C=C\CCCCCCCCCCCCCC. The van der Waals surface area contributed by atoms with Crippen LogP contribution in [0.25, 0.3) is 0 Å². The van der Waals surface area contributed by atoms with Gasteiger partial charge in [0.15, 0.2) is 0 Å². The molecule has 0 spiro atoms. The number of hydrogen-bond donors (Lipinski definition) is 2. The number of phosphoric acid groups is 1. The molecule has 0 fully saturated rings. The molecule has 0 aromatic rings. The van der Waals surface area contributed by atoms with Crippen LogP contribution in [-0.4, -0.2) is 68.5 Å². The van der Waals surface area contributed by atoms with Gasteiger partial charge in [-0.25, -0.2) is 0 Å². The molecule has 9 heteroatoms. The van der Waals surface area contributed by atoms with Crippen molar-refractivity contribution in [3.05, 3.63) is 48.6 Å². The minimum Gasteiger partial charge on any atom is -0.756 e. The lowest BCUT2D eigenvalue weighted by molar-refractivity contribution is -0.870. The van der Waals surface area contributed by atoms with Gasteiger partial charge in [0.1, 0.15) is 13.2 Å². The fraction of sp³-hybridized carbons (Fsp3) is 0.820. The van der Waals surface area contributed by atoms with Crippen LogP contribution in [0.2, 0.25) is 0 Å². The van der Waals surface area contributed by atoms with Crippen LogP contribution in [0, 0.1) is 0 Å². The third-order valence-corrected chi connectivity index (χ3v) is 11.7. The van der Waals surface area contributed by atoms with Crippen molar-refractivity contribution in [2.45, 2.75) is 225 Å². The molecule has 0 aromatic heterocycles. The lowest BCUT2D eigenvalue weighted by Crippen LogP contribution is -2.45. The Hall–Kier alpha value is -1.54. The van der Waals surface area contributed by atoms with Gasteiger partial charge in [0, 0.05) is 6.42 Å². The lowest BCUT2D eigenvalue weighted by Gasteiger charge is -2.29. The summed E-state index contributed by atoms with van der Waals surface area (Å²) in [5, 5.41) is 13.7. The normalized spacial score (nSPS) is 14.6. The van der Waals surface area contributed by atoms with E-state index in [0.29, 0.717) is 17.4 Å². The van der Waals surface area contributed by atoms with E-state index in [1.54, 1.807) is 6.08 Å². The molecule has 3 unspecified atom stereocenters. The monoisotopic (exact) mass is 851 g/mol. The minimum absolute atomic E-state index is 0.0102. The van der Waals surface area contributed by atoms with Crippen molar-refractivity contribution in [3.63, 3.8) is 0 Å². The van der Waals surface area contributed by atoms with Gasteiger partial charge in [0.25, 0.3) is 7.82 Å². The average molecular weight is 851 g/mol. The first-order valence-corrected chi connectivity index (χ1v) is 26.0. The number of amides is 1. The zero-order valence-corrected chi connectivity index (χ0v) is 40.1. The van der Waals surface area contributed by atoms with Crippen molar-refractivity contribution >= 4 is 13.7 Å². The number of phosphoric ester groups is 1. The topological polar surface area (TPSA) is 108 Å². The van der Waals surface area contributed by atoms with Gasteiger partial charge in [0.05, 0.1) is 39.9 Å². The van der Waals surface area contributed by atoms with Crippen molar-refractivity contribution in [1.29, 1.82) is 0 Å². The van der Waals surface area contributed by atoms with Crippen LogP contribution in [0.1, 0.15) is 213 Å². The van der Waals surface area contributed by atoms with Gasteiger partial charge in [-0.1, -0.05) is 191 Å². The van der Waals surface area contributed by atoms with E-state index in [1.165, 1.54) is 141 Å². The van der Waals surface area contributed by atoms with Crippen LogP contribution in [-0.2, 0) is 18.4 Å². The second-order valence-corrected chi connectivity index (χ2v) is 19.2. The number of carbonyl (C=O) groups is 1. The Morgan fingerprint density at radius 1 is 0.576 bits per heavy atom. The van der Waals surface area contributed by atoms with E-state index in [2.05, 4.69) is 55.6 Å². The van der Waals surface area contributed by atoms with E-state index in [0.717, 1.165) is 51.4 Å². The van der Waals surface area contributed by atoms with E-state index in [-0.39, 0.29) is 12.5 Å². The quantitative estimate of drug-likeness (QED) is 0.0274. The molecule has 0 radical (unpaired) electrons. The Labute approximate surface area is 365 Å². The van der Waals surface area contributed by atoms with Crippen molar-refractivity contribution in [3.8, 4) is 0 Å². The van der Waals surface area contributed by atoms with E-state index in [4.69, 9.17) is 9.05 Å². The minimum atomic E-state index is -4.60. The highest BCUT2D eigenvalue weighted by molar-refractivity contribution is 7.45. The van der Waals surface area contributed by atoms with Gasteiger partial charge < -0.3 is 28.8 Å². The summed E-state index contributed by atoms with van der Waals surface area (Å²) in [4.78, 5) is 25.3. The summed E-state index contributed by atoms with van der Waals surface area (Å²) in [7, 11) is 1.23. The number of nitrogens with zero attached hydrogens (tertiary/aromatic N) is 1. The number of unbranched alkanes of at least 4 members (excludes halogenated alkanes) is 25. The molecule has 0 aliphatic heterocycles. The van der Waals surface area contributed by atoms with E-state index >= 15 is 0 Å². The van der Waals surface area contributed by atoms with Gasteiger partial charge in [0.2, 0.25) is 5.91 Å². The molecule has 1 amide bonds. The van der Waals surface area contributed by atoms with Crippen molar-refractivity contribution in [1.82, 2.24) is 5.32 Å². The van der Waals surface area contributed by atoms with Crippen molar-refractivity contribution < 1.29 is 32.9 Å². The average Bonchev–Trinajstić information content (AvgIpc) is 3.19. The van der Waals surface area contributed by atoms with Crippen LogP contribution in [0.3, 0.4) is 0 Å². The molecule has 8 nitrogen and oxygen atoms in total. The predicted molar refractivity (Wildman–Crippen MR) is 251 cm³/mol. The van der Waals surface area contributed by atoms with Gasteiger partial charge in [-0.05, 0) is 64.2 Å². The summed E-state index contributed by atoms with van der Waals surface area (Å²) in [5.74, 6) is -0.215. The number of nitrogens with one attached hydrogen (secondary N) is 1. The third-order valence-electron chi connectivity index (χ3n) is 10.7. The largest absolute Gasteiger partial charge is 0.756 e. The first-order valence-electron chi connectivity index (χ1n) is 24.5. The van der Waals surface area contributed by atoms with E-state index in [1.807, 2.05) is 27.2 Å². The smallest absolute Gasteiger partial charge is 0.268 e. The molecule has 346 valence electrons. The second kappa shape index (κ2) is 41.8. The zero-order chi connectivity index (χ0) is 43.6. The molecule has 0 saturated carbocycles. The molecule has 2 N–H and O–H groups in total. The van der Waals surface area contributed by atoms with E-state index < -0.39 is 26.6 Å². The first kappa shape index (κ1) is 57.5. The maximum absolute atomic E-state index is 12.9. The molecule has 0 bridgehead atoms. The van der Waals surface area contributed by atoms with Crippen molar-refractivity contribution in [2.75, 3.05) is 40.9 Å². The molecule has 0 heterocycles. The summed E-state index contributed by atoms with van der Waals surface area (Å²) in [5.41, 5.74) is 0. The fourth-order valence-electron chi connectivity index (χ4n) is 6.83. The molecule has 0 aromatic carbocycles. The molecule has 3 atom stereocenters. The predicted octanol–water partition coefficient (Wildman–Crippen LogP) is 13.4. The van der Waals surface area contributed by atoms with E-state index in [9.17, 15) is 19.4 Å². The molecule has 0 saturated heterocycles. The number of aliphatic hydroxyl groups is 1. The Bertz CT molecular complexity index is 1100. The summed E-state index contributed by atoms with van der Waals surface area (Å²) in [6.45, 7) is 4.54. The van der Waals surface area contributed by atoms with Gasteiger partial charge in [-0.15, -0.1) is 0 Å². The summed E-state index contributed by atoms with van der Waals surface area (Å²) < 4.78 is 23.2. The molecular weight excluding hydrogens is 756 g/mol. The van der Waals surface area contributed by atoms with Crippen LogP contribution < -0.4 is 10.2 Å². The van der Waals surface area contributed by atoms with Crippen LogP contribution >= 0.6 is 7.82 Å². The Balaban J connectivity index is 4.18. The number of rotatable bonds is 44. The van der Waals surface area contributed by atoms with Crippen molar-refractivity contribution in [2.24, 2.45) is 0 Å². The first-order chi connectivity index (χ1) is 28.5. The molecule has 0 aliphatic rings. The zero-order valence-electron chi connectivity index (χ0n) is 39.2. The third kappa shape index (κ3) is 44.3. The molecule has 59 heavy (non-hydrogen) atoms. The maximum Gasteiger partial charge on any atom is 0.268 e. The van der Waals surface area contributed by atoms with Gasteiger partial charge in [-0.3, -0.25) is 9.36 Å². The van der Waals surface area contributed by atoms with Crippen LogP contribution in [0.5, 0.6) is 0 Å². The number of likely N-dealkylation sites (N-methyl/N-ethyl adjacent to an activating group) is 1. The highest BCUT2D eigenvalue weighted by atomic mass is 31.2. The lowest BCUT2D eigenvalue weighted by atomic mass is 10.0. The second-order valence-electron chi connectivity index (χ2n) is 17.8. The molecule has 0 aliphatic carbocycles. The maximum atomic E-state index is 12.9. The number of quaternary nitrogens is 1. The Morgan fingerprint density at radius 2 is 0.983 bits per heavy atom. The molecular formula is C50H95N2O6P. The highest BCUT2D eigenvalue weighted by Crippen LogP contribution is 2.38. The van der Waals surface area contributed by atoms with Gasteiger partial charge in [-0.2, -0.15) is 0 Å². The molecule has 0 rings (SSSR count). The number of aliphatic hydroxyl groups excluding tert-OH is 1. The fourth-order valence-corrected chi connectivity index (χ4v) is 7.56. The number of carbonyl (C=O) groups excluding carboxylic acids is 1.